The number of hydrogen-bond donors (Lipinski definition) is 0. The lowest BCUT2D eigenvalue weighted by atomic mass is 10.2. The first-order valence-electron chi connectivity index (χ1n) is 5.20. The molecule has 5 heteroatoms. The fourth-order valence-corrected chi connectivity index (χ4v) is 2.50. The highest BCUT2D eigenvalue weighted by Crippen LogP contribution is 2.32. The smallest absolute Gasteiger partial charge is 0.179 e. The zero-order valence-electron chi connectivity index (χ0n) is 8.23. The standard InChI is InChI=1S/C10H11ClN4/c11-10-9-8(5-13-14-10)15(6-12-9)7-3-1-2-4-7/h5-7H,1-4H2. The summed E-state index contributed by atoms with van der Waals surface area (Å²) < 4.78 is 2.18. The highest BCUT2D eigenvalue weighted by atomic mass is 35.5. The summed E-state index contributed by atoms with van der Waals surface area (Å²) in [6.07, 6.45) is 8.66. The van der Waals surface area contributed by atoms with Crippen LogP contribution in [0.2, 0.25) is 5.15 Å². The maximum Gasteiger partial charge on any atom is 0.179 e. The molecule has 0 radical (unpaired) electrons. The Kier molecular flexibility index (Phi) is 2.09. The maximum atomic E-state index is 5.93. The highest BCUT2D eigenvalue weighted by molar-refractivity contribution is 6.33. The van der Waals surface area contributed by atoms with Crippen molar-refractivity contribution in [3.05, 3.63) is 17.7 Å². The highest BCUT2D eigenvalue weighted by Gasteiger charge is 2.19. The molecule has 0 atom stereocenters. The van der Waals surface area contributed by atoms with Gasteiger partial charge in [-0.1, -0.05) is 24.4 Å². The van der Waals surface area contributed by atoms with Crippen LogP contribution in [0.4, 0.5) is 0 Å². The van der Waals surface area contributed by atoms with E-state index >= 15 is 0 Å². The number of fused-ring (bicyclic) bond motifs is 1. The Labute approximate surface area is 92.3 Å². The molecule has 0 saturated heterocycles. The van der Waals surface area contributed by atoms with Gasteiger partial charge >= 0.3 is 0 Å². The van der Waals surface area contributed by atoms with E-state index in [4.69, 9.17) is 11.6 Å². The Bertz CT molecular complexity index is 487. The minimum atomic E-state index is 0.393. The molecule has 1 aliphatic carbocycles. The predicted molar refractivity (Wildman–Crippen MR) is 57.8 cm³/mol. The quantitative estimate of drug-likeness (QED) is 0.745. The van der Waals surface area contributed by atoms with E-state index in [-0.39, 0.29) is 0 Å². The molecule has 2 heterocycles. The molecule has 0 unspecified atom stereocenters. The van der Waals surface area contributed by atoms with Crippen LogP contribution >= 0.6 is 11.6 Å². The topological polar surface area (TPSA) is 43.6 Å². The first-order chi connectivity index (χ1) is 7.36. The average molecular weight is 223 g/mol. The minimum absolute atomic E-state index is 0.393. The summed E-state index contributed by atoms with van der Waals surface area (Å²) in [5.41, 5.74) is 1.76. The first-order valence-corrected chi connectivity index (χ1v) is 5.58. The Hall–Kier alpha value is -1.16. The Balaban J connectivity index is 2.15. The number of halogens is 1. The second-order valence-electron chi connectivity index (χ2n) is 3.96. The zero-order chi connectivity index (χ0) is 10.3. The van der Waals surface area contributed by atoms with E-state index in [1.54, 1.807) is 6.20 Å². The molecule has 1 fully saturated rings. The molecule has 2 aromatic rings. The average Bonchev–Trinajstić information content (AvgIpc) is 2.85. The second kappa shape index (κ2) is 3.45. The largest absolute Gasteiger partial charge is 0.326 e. The van der Waals surface area contributed by atoms with E-state index in [9.17, 15) is 0 Å². The van der Waals surface area contributed by atoms with Crippen LogP contribution in [0.15, 0.2) is 12.5 Å². The molecule has 4 nitrogen and oxygen atoms in total. The van der Waals surface area contributed by atoms with Gasteiger partial charge in [0.05, 0.1) is 18.0 Å². The fraction of sp³-hybridized carbons (Fsp3) is 0.500. The second-order valence-corrected chi connectivity index (χ2v) is 4.32. The maximum absolute atomic E-state index is 5.93. The minimum Gasteiger partial charge on any atom is -0.326 e. The normalized spacial score (nSPS) is 17.7. The summed E-state index contributed by atoms with van der Waals surface area (Å²) >= 11 is 5.93. The zero-order valence-corrected chi connectivity index (χ0v) is 8.98. The Morgan fingerprint density at radius 2 is 2.13 bits per heavy atom. The van der Waals surface area contributed by atoms with Crippen molar-refractivity contribution in [1.82, 2.24) is 19.7 Å². The van der Waals surface area contributed by atoms with Crippen LogP contribution in [0.5, 0.6) is 0 Å². The van der Waals surface area contributed by atoms with Crippen molar-refractivity contribution in [2.45, 2.75) is 31.7 Å². The van der Waals surface area contributed by atoms with E-state index in [1.807, 2.05) is 6.33 Å². The summed E-state index contributed by atoms with van der Waals surface area (Å²) in [7, 11) is 0. The molecule has 1 saturated carbocycles. The van der Waals surface area contributed by atoms with Crippen molar-refractivity contribution in [3.63, 3.8) is 0 Å². The summed E-state index contributed by atoms with van der Waals surface area (Å²) in [6.45, 7) is 0. The number of rotatable bonds is 1. The molecule has 3 rings (SSSR count). The van der Waals surface area contributed by atoms with Gasteiger partial charge in [-0.2, -0.15) is 5.10 Å². The van der Waals surface area contributed by atoms with Crippen molar-refractivity contribution in [2.24, 2.45) is 0 Å². The van der Waals surface area contributed by atoms with Gasteiger partial charge in [0.25, 0.3) is 0 Å². The van der Waals surface area contributed by atoms with Gasteiger partial charge in [-0.3, -0.25) is 0 Å². The molecule has 2 aromatic heterocycles. The molecule has 15 heavy (non-hydrogen) atoms. The fourth-order valence-electron chi connectivity index (χ4n) is 2.31. The molecular weight excluding hydrogens is 212 g/mol. The summed E-state index contributed by atoms with van der Waals surface area (Å²) in [5.74, 6) is 0. The predicted octanol–water partition coefficient (Wildman–Crippen LogP) is 2.59. The van der Waals surface area contributed by atoms with Crippen LogP contribution < -0.4 is 0 Å². The van der Waals surface area contributed by atoms with Crippen molar-refractivity contribution >= 4 is 22.6 Å². The molecule has 78 valence electrons. The van der Waals surface area contributed by atoms with Gasteiger partial charge in [-0.05, 0) is 12.8 Å². The van der Waals surface area contributed by atoms with Gasteiger partial charge in [-0.15, -0.1) is 5.10 Å². The van der Waals surface area contributed by atoms with Crippen molar-refractivity contribution < 1.29 is 0 Å². The third kappa shape index (κ3) is 1.40. The lowest BCUT2D eigenvalue weighted by Gasteiger charge is -2.11. The van der Waals surface area contributed by atoms with Crippen LogP contribution in [0, 0.1) is 0 Å². The van der Waals surface area contributed by atoms with Crippen LogP contribution in [0.25, 0.3) is 11.0 Å². The van der Waals surface area contributed by atoms with Crippen molar-refractivity contribution in [2.75, 3.05) is 0 Å². The van der Waals surface area contributed by atoms with Gasteiger partial charge in [0, 0.05) is 6.04 Å². The molecule has 0 amide bonds. The molecule has 0 spiro atoms. The Morgan fingerprint density at radius 1 is 1.33 bits per heavy atom. The summed E-state index contributed by atoms with van der Waals surface area (Å²) in [6, 6.07) is 0.565. The number of nitrogens with zero attached hydrogens (tertiary/aromatic N) is 4. The van der Waals surface area contributed by atoms with E-state index in [2.05, 4.69) is 19.7 Å². The van der Waals surface area contributed by atoms with Gasteiger partial charge in [0.2, 0.25) is 0 Å². The number of hydrogen-bond acceptors (Lipinski definition) is 3. The third-order valence-corrected chi connectivity index (χ3v) is 3.33. The molecular formula is C10H11ClN4. The van der Waals surface area contributed by atoms with Crippen LogP contribution in [-0.2, 0) is 0 Å². The molecule has 0 aliphatic heterocycles. The van der Waals surface area contributed by atoms with Crippen molar-refractivity contribution in [3.8, 4) is 0 Å². The third-order valence-electron chi connectivity index (χ3n) is 3.07. The van der Waals surface area contributed by atoms with E-state index in [1.165, 1.54) is 25.7 Å². The van der Waals surface area contributed by atoms with Crippen LogP contribution in [-0.4, -0.2) is 19.7 Å². The van der Waals surface area contributed by atoms with Crippen LogP contribution in [0.1, 0.15) is 31.7 Å². The molecule has 0 aromatic carbocycles. The van der Waals surface area contributed by atoms with E-state index < -0.39 is 0 Å². The summed E-state index contributed by atoms with van der Waals surface area (Å²) in [4.78, 5) is 4.29. The lowest BCUT2D eigenvalue weighted by Crippen LogP contribution is -2.02. The molecule has 1 aliphatic rings. The molecule has 0 bridgehead atoms. The van der Waals surface area contributed by atoms with Gasteiger partial charge in [0.15, 0.2) is 5.15 Å². The van der Waals surface area contributed by atoms with Gasteiger partial charge in [0.1, 0.15) is 5.52 Å². The van der Waals surface area contributed by atoms with Crippen LogP contribution in [0.3, 0.4) is 0 Å². The first kappa shape index (κ1) is 9.09. The van der Waals surface area contributed by atoms with Gasteiger partial charge < -0.3 is 4.57 Å². The molecule has 0 N–H and O–H groups in total. The monoisotopic (exact) mass is 222 g/mol. The lowest BCUT2D eigenvalue weighted by molar-refractivity contribution is 0.531. The van der Waals surface area contributed by atoms with Crippen molar-refractivity contribution in [1.29, 1.82) is 0 Å². The Morgan fingerprint density at radius 3 is 2.93 bits per heavy atom. The number of aromatic nitrogens is 4. The SMILES string of the molecule is Clc1nncc2c1ncn2C1CCCC1. The number of imidazole rings is 1. The van der Waals surface area contributed by atoms with Gasteiger partial charge in [-0.25, -0.2) is 4.98 Å². The van der Waals surface area contributed by atoms with E-state index in [0.717, 1.165) is 11.0 Å². The van der Waals surface area contributed by atoms with E-state index in [0.29, 0.717) is 11.2 Å². The summed E-state index contributed by atoms with van der Waals surface area (Å²) in [5, 5.41) is 8.05.